The maximum Gasteiger partial charge on any atom is 0.416 e. The minimum absolute atomic E-state index is 0. The maximum atomic E-state index is 13.3. The van der Waals surface area contributed by atoms with E-state index in [2.05, 4.69) is 5.32 Å². The van der Waals surface area contributed by atoms with Crippen LogP contribution < -0.4 is 19.5 Å². The van der Waals surface area contributed by atoms with Gasteiger partial charge in [-0.05, 0) is 78.9 Å². The van der Waals surface area contributed by atoms with Crippen LogP contribution in [0, 0.1) is 6.92 Å². The van der Waals surface area contributed by atoms with Crippen molar-refractivity contribution >= 4 is 11.6 Å². The van der Waals surface area contributed by atoms with Crippen molar-refractivity contribution in [2.45, 2.75) is 31.4 Å². The zero-order chi connectivity index (χ0) is 24.1. The summed E-state index contributed by atoms with van der Waals surface area (Å²) in [4.78, 5) is 13.3. The summed E-state index contributed by atoms with van der Waals surface area (Å²) in [5, 5.41) is 2.96. The van der Waals surface area contributed by atoms with Gasteiger partial charge in [0, 0.05) is 12.7 Å². The number of hydrogen-bond acceptors (Lipinski definition) is 4. The third kappa shape index (κ3) is 3.83. The van der Waals surface area contributed by atoms with Crippen LogP contribution in [0.3, 0.4) is 0 Å². The summed E-state index contributed by atoms with van der Waals surface area (Å²) in [6.45, 7) is 1.96. The highest BCUT2D eigenvalue weighted by Gasteiger charge is 2.51. The molecule has 0 saturated heterocycles. The molecule has 3 aromatic carbocycles. The van der Waals surface area contributed by atoms with Crippen LogP contribution in [0.1, 0.15) is 31.0 Å². The smallest absolute Gasteiger partial charge is 0.416 e. The van der Waals surface area contributed by atoms with Crippen molar-refractivity contribution in [3.05, 3.63) is 71.3 Å². The number of fused-ring (bicyclic) bond motifs is 1. The molecule has 1 amide bonds. The maximum absolute atomic E-state index is 13.3. The second-order valence-corrected chi connectivity index (χ2v) is 8.55. The lowest BCUT2D eigenvalue weighted by molar-refractivity contribution is -0.137. The van der Waals surface area contributed by atoms with Crippen LogP contribution in [0.4, 0.5) is 18.9 Å². The first-order valence-corrected chi connectivity index (χ1v) is 10.8. The van der Waals surface area contributed by atoms with Gasteiger partial charge in [-0.2, -0.15) is 13.2 Å². The van der Waals surface area contributed by atoms with Crippen molar-refractivity contribution in [1.82, 2.24) is 0 Å². The van der Waals surface area contributed by atoms with E-state index in [1.807, 2.05) is 12.1 Å². The Bertz CT molecular complexity index is 1290. The molecule has 0 spiro atoms. The first kappa shape index (κ1) is 22.1. The summed E-state index contributed by atoms with van der Waals surface area (Å²) in [6.07, 6.45) is -3.10. The lowest BCUT2D eigenvalue weighted by atomic mass is 9.93. The van der Waals surface area contributed by atoms with Gasteiger partial charge in [-0.25, -0.2) is 0 Å². The number of carbonyl (C=O) groups excluding carboxylic acids is 1. The molecule has 0 aromatic heterocycles. The van der Waals surface area contributed by atoms with Gasteiger partial charge in [-0.3, -0.25) is 4.79 Å². The highest BCUT2D eigenvalue weighted by atomic mass is 19.4. The zero-order valence-corrected chi connectivity index (χ0v) is 18.6. The molecule has 0 unspecified atom stereocenters. The topological polar surface area (TPSA) is 56.8 Å². The number of halogens is 3. The molecule has 5 nitrogen and oxygen atoms in total. The van der Waals surface area contributed by atoms with E-state index < -0.39 is 17.2 Å². The molecule has 1 fully saturated rings. The fourth-order valence-corrected chi connectivity index (χ4v) is 4.30. The molecule has 1 saturated carbocycles. The van der Waals surface area contributed by atoms with E-state index in [-0.39, 0.29) is 14.1 Å². The van der Waals surface area contributed by atoms with Crippen LogP contribution in [0.5, 0.6) is 17.2 Å². The normalized spacial score (nSPS) is 15.7. The SMILES string of the molecule is COc1ccc(C(F)(F)F)cc1-c1cc(NC(=O)C2(c3ccc4c(c3)OCO4)CC2)ccc1C.[HH]. The van der Waals surface area contributed by atoms with Crippen molar-refractivity contribution in [3.63, 3.8) is 0 Å². The van der Waals surface area contributed by atoms with Gasteiger partial charge in [0.25, 0.3) is 0 Å². The predicted molar refractivity (Wildman–Crippen MR) is 122 cm³/mol. The number of anilines is 1. The van der Waals surface area contributed by atoms with Gasteiger partial charge in [0.15, 0.2) is 11.5 Å². The van der Waals surface area contributed by atoms with Crippen LogP contribution in [0.2, 0.25) is 0 Å². The number of amides is 1. The molecular weight excluding hydrogens is 447 g/mol. The summed E-state index contributed by atoms with van der Waals surface area (Å²) in [5.74, 6) is 1.42. The third-order valence-electron chi connectivity index (χ3n) is 6.42. The van der Waals surface area contributed by atoms with Crippen LogP contribution in [0.15, 0.2) is 54.6 Å². The van der Waals surface area contributed by atoms with Crippen LogP contribution in [0.25, 0.3) is 11.1 Å². The molecule has 34 heavy (non-hydrogen) atoms. The average molecular weight is 471 g/mol. The van der Waals surface area contributed by atoms with Gasteiger partial charge in [0.05, 0.1) is 18.1 Å². The predicted octanol–water partition coefficient (Wildman–Crippen LogP) is 6.33. The monoisotopic (exact) mass is 471 g/mol. The largest absolute Gasteiger partial charge is 0.496 e. The molecule has 178 valence electrons. The average Bonchev–Trinajstić information content (AvgIpc) is 3.50. The minimum atomic E-state index is -4.48. The summed E-state index contributed by atoms with van der Waals surface area (Å²) < 4.78 is 56.1. The number of carbonyl (C=O) groups is 1. The van der Waals surface area contributed by atoms with Crippen LogP contribution in [-0.4, -0.2) is 19.8 Å². The Morgan fingerprint density at radius 1 is 1.00 bits per heavy atom. The van der Waals surface area contributed by atoms with E-state index in [1.165, 1.54) is 13.2 Å². The molecule has 5 rings (SSSR count). The summed E-state index contributed by atoms with van der Waals surface area (Å²) in [5.41, 5.74) is 1.53. The number of alkyl halides is 3. The van der Waals surface area contributed by atoms with Gasteiger partial charge in [0.1, 0.15) is 5.75 Å². The number of rotatable bonds is 5. The van der Waals surface area contributed by atoms with E-state index >= 15 is 0 Å². The van der Waals surface area contributed by atoms with E-state index in [4.69, 9.17) is 14.2 Å². The van der Waals surface area contributed by atoms with Crippen molar-refractivity contribution in [1.29, 1.82) is 0 Å². The number of hydrogen-bond donors (Lipinski definition) is 1. The number of aryl methyl sites for hydroxylation is 1. The molecule has 0 bridgehead atoms. The lowest BCUT2D eigenvalue weighted by Gasteiger charge is -2.18. The third-order valence-corrected chi connectivity index (χ3v) is 6.42. The first-order valence-electron chi connectivity index (χ1n) is 10.8. The van der Waals surface area contributed by atoms with Gasteiger partial charge >= 0.3 is 6.18 Å². The second-order valence-electron chi connectivity index (χ2n) is 8.55. The quantitative estimate of drug-likeness (QED) is 0.472. The Kier molecular flexibility index (Phi) is 5.19. The van der Waals surface area contributed by atoms with Crippen LogP contribution in [-0.2, 0) is 16.4 Å². The number of methoxy groups -OCH3 is 1. The summed E-state index contributed by atoms with van der Waals surface area (Å²) in [6, 6.07) is 14.1. The summed E-state index contributed by atoms with van der Waals surface area (Å²) in [7, 11) is 1.41. The van der Waals surface area contributed by atoms with Gasteiger partial charge in [0.2, 0.25) is 12.7 Å². The molecule has 2 aliphatic rings. The van der Waals surface area contributed by atoms with Gasteiger partial charge in [-0.1, -0.05) is 12.1 Å². The van der Waals surface area contributed by atoms with Gasteiger partial charge < -0.3 is 19.5 Å². The number of nitrogens with one attached hydrogen (secondary N) is 1. The Hall–Kier alpha value is -3.68. The van der Waals surface area contributed by atoms with Crippen LogP contribution >= 0.6 is 0 Å². The lowest BCUT2D eigenvalue weighted by Crippen LogP contribution is -2.27. The highest BCUT2D eigenvalue weighted by Crippen LogP contribution is 2.51. The molecule has 1 aliphatic heterocycles. The Labute approximate surface area is 195 Å². The van der Waals surface area contributed by atoms with Crippen molar-refractivity contribution in [2.75, 3.05) is 19.2 Å². The standard InChI is InChI=1S/C26H22F3NO4.H2/c1-15-3-6-18(13-19(15)20-11-17(26(27,28)29)5-7-21(20)32-2)30-24(31)25(9-10-25)16-4-8-22-23(12-16)34-14-33-22;/h3-8,11-13H,9-10,14H2,1-2H3,(H,30,31);1H. The number of ether oxygens (including phenoxy) is 3. The summed E-state index contributed by atoms with van der Waals surface area (Å²) >= 11 is 0. The number of benzene rings is 3. The zero-order valence-electron chi connectivity index (χ0n) is 18.6. The highest BCUT2D eigenvalue weighted by molar-refractivity contribution is 6.02. The molecule has 8 heteroatoms. The molecule has 1 aliphatic carbocycles. The molecular formula is C26H24F3NO4. The first-order chi connectivity index (χ1) is 16.2. The Morgan fingerprint density at radius 3 is 2.47 bits per heavy atom. The van der Waals surface area contributed by atoms with Crippen molar-refractivity contribution in [3.8, 4) is 28.4 Å². The molecule has 3 aromatic rings. The minimum Gasteiger partial charge on any atom is -0.496 e. The van der Waals surface area contributed by atoms with E-state index in [0.717, 1.165) is 23.3 Å². The Morgan fingerprint density at radius 2 is 1.76 bits per heavy atom. The molecule has 0 atom stereocenters. The Balaban J connectivity index is 0.00000289. The van der Waals surface area contributed by atoms with E-state index in [1.54, 1.807) is 31.2 Å². The fourth-order valence-electron chi connectivity index (χ4n) is 4.30. The van der Waals surface area contributed by atoms with Crippen molar-refractivity contribution < 1.29 is 33.6 Å². The molecule has 1 heterocycles. The molecule has 1 N–H and O–H groups in total. The molecule has 0 radical (unpaired) electrons. The van der Waals surface area contributed by atoms with Gasteiger partial charge in [-0.15, -0.1) is 0 Å². The fraction of sp³-hybridized carbons (Fsp3) is 0.269. The second kappa shape index (κ2) is 7.97. The van der Waals surface area contributed by atoms with E-state index in [0.29, 0.717) is 46.9 Å². The van der Waals surface area contributed by atoms with Crippen molar-refractivity contribution in [2.24, 2.45) is 0 Å². The van der Waals surface area contributed by atoms with E-state index in [9.17, 15) is 18.0 Å².